The molecule has 0 aromatic heterocycles. The lowest BCUT2D eigenvalue weighted by molar-refractivity contribution is -0.211. The smallest absolute Gasteiger partial charge is 0.281 e. The van der Waals surface area contributed by atoms with Crippen LogP contribution in [0.5, 0.6) is 0 Å². The normalized spacial score (nSPS) is 12.2. The van der Waals surface area contributed by atoms with E-state index < -0.39 is 20.8 Å². The Balaban J connectivity index is 4.17. The molecule has 6 heteroatoms. The number of hydrogen-bond donors (Lipinski definition) is 0. The lowest BCUT2D eigenvalue weighted by Gasteiger charge is -2.16. The molecule has 0 unspecified atom stereocenters. The summed E-state index contributed by atoms with van der Waals surface area (Å²) in [4.78, 5) is 15.1. The highest BCUT2D eigenvalue weighted by atomic mass is 32.2. The number of carbonyl (C=O) groups is 1. The number of carbonyl (C=O) groups excluding carboxylic acids is 1. The minimum Gasteiger partial charge on any atom is -0.281 e. The number of rotatable bonds is 5. The minimum absolute atomic E-state index is 0.0448. The maximum absolute atomic E-state index is 11.3. The Morgan fingerprint density at radius 3 is 2.33 bits per heavy atom. The summed E-state index contributed by atoms with van der Waals surface area (Å²) in [5.74, 6) is -0.734. The fraction of sp³-hybridized carbons (Fsp3) is 0.667. The van der Waals surface area contributed by atoms with Gasteiger partial charge in [0.15, 0.2) is 0 Å². The topological polar surface area (TPSA) is 69.7 Å². The van der Waals surface area contributed by atoms with Gasteiger partial charge in [-0.05, 0) is 27.2 Å². The molecule has 5 nitrogen and oxygen atoms in total. The minimum atomic E-state index is -3.89. The van der Waals surface area contributed by atoms with Crippen molar-refractivity contribution in [1.82, 2.24) is 0 Å². The van der Waals surface area contributed by atoms with Gasteiger partial charge >= 0.3 is 16.1 Å². The van der Waals surface area contributed by atoms with E-state index >= 15 is 0 Å². The quantitative estimate of drug-likeness (QED) is 0.411. The van der Waals surface area contributed by atoms with Crippen LogP contribution in [0.25, 0.3) is 0 Å². The van der Waals surface area contributed by atoms with Crippen molar-refractivity contribution in [3.63, 3.8) is 0 Å². The zero-order valence-electron chi connectivity index (χ0n) is 9.15. The van der Waals surface area contributed by atoms with E-state index in [0.29, 0.717) is 6.42 Å². The second kappa shape index (κ2) is 5.27. The highest BCUT2D eigenvalue weighted by molar-refractivity contribution is 7.88. The molecule has 15 heavy (non-hydrogen) atoms. The average Bonchev–Trinajstić information content (AvgIpc) is 2.09. The molecular weight excluding hydrogens is 220 g/mol. The molecule has 0 heterocycles. The van der Waals surface area contributed by atoms with Gasteiger partial charge < -0.3 is 0 Å². The molecule has 88 valence electrons. The Kier molecular flexibility index (Phi) is 4.96. The van der Waals surface area contributed by atoms with Crippen molar-refractivity contribution in [2.24, 2.45) is 0 Å². The van der Waals surface area contributed by atoms with Crippen molar-refractivity contribution >= 4 is 16.1 Å². The van der Waals surface area contributed by atoms with Crippen LogP contribution in [0.2, 0.25) is 0 Å². The van der Waals surface area contributed by atoms with Gasteiger partial charge in [-0.1, -0.05) is 10.4 Å². The molecule has 0 fully saturated rings. The zero-order valence-corrected chi connectivity index (χ0v) is 9.96. The van der Waals surface area contributed by atoms with E-state index in [-0.39, 0.29) is 6.42 Å². The van der Waals surface area contributed by atoms with E-state index in [1.54, 1.807) is 0 Å². The Hall–Kier alpha value is -0.880. The summed E-state index contributed by atoms with van der Waals surface area (Å²) in [6.07, 6.45) is 1.99. The predicted molar refractivity (Wildman–Crippen MR) is 55.3 cm³/mol. The van der Waals surface area contributed by atoms with Crippen LogP contribution in [-0.2, 0) is 24.1 Å². The summed E-state index contributed by atoms with van der Waals surface area (Å²) in [5.41, 5.74) is 0. The summed E-state index contributed by atoms with van der Waals surface area (Å²) in [5, 5.41) is 0. The molecule has 0 aliphatic heterocycles. The summed E-state index contributed by atoms with van der Waals surface area (Å²) < 4.78 is 25.6. The first-order valence-corrected chi connectivity index (χ1v) is 5.86. The fourth-order valence-electron chi connectivity index (χ4n) is 0.446. The van der Waals surface area contributed by atoms with Crippen LogP contribution in [0, 0.1) is 0 Å². The molecule has 0 aromatic rings. The van der Waals surface area contributed by atoms with Gasteiger partial charge in [-0.15, -0.1) is 6.58 Å². The summed E-state index contributed by atoms with van der Waals surface area (Å²) in [6, 6.07) is 0. The summed E-state index contributed by atoms with van der Waals surface area (Å²) >= 11 is 0. The lowest BCUT2D eigenvalue weighted by Crippen LogP contribution is -2.30. The van der Waals surface area contributed by atoms with Gasteiger partial charge in [0.25, 0.3) is 0 Å². The summed E-state index contributed by atoms with van der Waals surface area (Å²) in [6.45, 7) is 7.75. The van der Waals surface area contributed by atoms with Gasteiger partial charge in [0.05, 0.1) is 11.2 Å². The van der Waals surface area contributed by atoms with Gasteiger partial charge in [-0.2, -0.15) is 8.42 Å². The van der Waals surface area contributed by atoms with E-state index in [9.17, 15) is 13.2 Å². The third kappa shape index (κ3) is 4.94. The van der Waals surface area contributed by atoms with Crippen LogP contribution in [0.3, 0.4) is 0 Å². The predicted octanol–water partition coefficient (Wildman–Crippen LogP) is 1.56. The molecule has 0 aliphatic rings. The van der Waals surface area contributed by atoms with E-state index in [1.807, 2.05) is 0 Å². The fourth-order valence-corrected chi connectivity index (χ4v) is 0.816. The molecule has 0 bridgehead atoms. The van der Waals surface area contributed by atoms with Crippen molar-refractivity contribution in [2.75, 3.05) is 0 Å². The Labute approximate surface area is 90.1 Å². The molecule has 0 rings (SSSR count). The molecule has 0 saturated carbocycles. The Morgan fingerprint density at radius 1 is 1.40 bits per heavy atom. The van der Waals surface area contributed by atoms with E-state index in [4.69, 9.17) is 0 Å². The monoisotopic (exact) mass is 236 g/mol. The van der Waals surface area contributed by atoms with Crippen molar-refractivity contribution in [3.05, 3.63) is 12.7 Å². The van der Waals surface area contributed by atoms with Crippen LogP contribution < -0.4 is 0 Å². The third-order valence-corrected chi connectivity index (χ3v) is 3.27. The molecule has 0 amide bonds. The molecule has 0 aromatic carbocycles. The molecule has 0 atom stereocenters. The van der Waals surface area contributed by atoms with Gasteiger partial charge in [-0.25, -0.2) is 4.79 Å². The van der Waals surface area contributed by atoms with Crippen LogP contribution in [0.15, 0.2) is 12.7 Å². The van der Waals surface area contributed by atoms with Crippen molar-refractivity contribution in [2.45, 2.75) is 38.4 Å². The lowest BCUT2D eigenvalue weighted by atomic mass is 10.3. The number of hydrogen-bond acceptors (Lipinski definition) is 5. The molecule has 0 N–H and O–H groups in total. The SMILES string of the molecule is C=CCCC(=O)OOS(=O)(=O)C(C)(C)C. The highest BCUT2D eigenvalue weighted by Gasteiger charge is 2.32. The van der Waals surface area contributed by atoms with E-state index in [1.165, 1.54) is 26.8 Å². The van der Waals surface area contributed by atoms with E-state index in [0.717, 1.165) is 0 Å². The zero-order chi connectivity index (χ0) is 12.1. The summed E-state index contributed by atoms with van der Waals surface area (Å²) in [7, 11) is -3.89. The number of allylic oxidation sites excluding steroid dienone is 1. The second-order valence-corrected chi connectivity index (χ2v) is 6.19. The van der Waals surface area contributed by atoms with Crippen LogP contribution in [0.1, 0.15) is 33.6 Å². The molecule has 0 radical (unpaired) electrons. The van der Waals surface area contributed by atoms with Gasteiger partial charge in [0.1, 0.15) is 0 Å². The first-order chi connectivity index (χ1) is 6.70. The van der Waals surface area contributed by atoms with Crippen LogP contribution in [0.4, 0.5) is 0 Å². The second-order valence-electron chi connectivity index (χ2n) is 3.92. The van der Waals surface area contributed by atoms with Crippen LogP contribution in [-0.4, -0.2) is 19.1 Å². The van der Waals surface area contributed by atoms with Crippen molar-refractivity contribution < 1.29 is 22.4 Å². The van der Waals surface area contributed by atoms with Gasteiger partial charge in [0, 0.05) is 0 Å². The third-order valence-electron chi connectivity index (χ3n) is 1.52. The average molecular weight is 236 g/mol. The molecule has 0 saturated heterocycles. The Morgan fingerprint density at radius 2 is 1.93 bits per heavy atom. The van der Waals surface area contributed by atoms with E-state index in [2.05, 4.69) is 15.8 Å². The maximum atomic E-state index is 11.3. The molecule has 0 spiro atoms. The first-order valence-electron chi connectivity index (χ1n) is 4.45. The standard InChI is InChI=1S/C9H16O5S/c1-5-6-7-8(10)13-14-15(11,12)9(2,3)4/h5H,1,6-7H2,2-4H3. The van der Waals surface area contributed by atoms with Crippen molar-refractivity contribution in [3.8, 4) is 0 Å². The first kappa shape index (κ1) is 14.1. The van der Waals surface area contributed by atoms with Crippen molar-refractivity contribution in [1.29, 1.82) is 0 Å². The highest BCUT2D eigenvalue weighted by Crippen LogP contribution is 2.17. The van der Waals surface area contributed by atoms with Crippen LogP contribution >= 0.6 is 0 Å². The molecule has 0 aliphatic carbocycles. The van der Waals surface area contributed by atoms with Gasteiger partial charge in [0.2, 0.25) is 0 Å². The largest absolute Gasteiger partial charge is 0.344 e. The maximum Gasteiger partial charge on any atom is 0.344 e. The molecular formula is C9H16O5S. The Bertz CT molecular complexity index is 323. The van der Waals surface area contributed by atoms with Gasteiger partial charge in [-0.3, -0.25) is 4.89 Å².